The van der Waals surface area contributed by atoms with Crippen LogP contribution in [0, 0.1) is 0 Å². The summed E-state index contributed by atoms with van der Waals surface area (Å²) in [4.78, 5) is 19.7. The lowest BCUT2D eigenvalue weighted by Gasteiger charge is -2.14. The number of amides is 1. The Morgan fingerprint density at radius 3 is 2.60 bits per heavy atom. The summed E-state index contributed by atoms with van der Waals surface area (Å²) in [6.07, 6.45) is 5.93. The first kappa shape index (κ1) is 26.9. The highest BCUT2D eigenvalue weighted by molar-refractivity contribution is 9.11. The van der Waals surface area contributed by atoms with Crippen LogP contribution in [-0.2, 0) is 19.4 Å². The second-order valence-corrected chi connectivity index (χ2v) is 12.6. The van der Waals surface area contributed by atoms with Gasteiger partial charge in [-0.1, -0.05) is 76.6 Å². The van der Waals surface area contributed by atoms with Crippen LogP contribution in [0.2, 0.25) is 0 Å². The van der Waals surface area contributed by atoms with Crippen LogP contribution in [0.3, 0.4) is 0 Å². The van der Waals surface area contributed by atoms with Crippen LogP contribution in [0.1, 0.15) is 44.8 Å². The fourth-order valence-electron chi connectivity index (χ4n) is 5.12. The van der Waals surface area contributed by atoms with Crippen LogP contribution < -0.4 is 10.1 Å². The maximum atomic E-state index is 13.5. The smallest absolute Gasteiger partial charge is 0.259 e. The zero-order valence-corrected chi connectivity index (χ0v) is 25.6. The third-order valence-electron chi connectivity index (χ3n) is 7.02. The SMILES string of the molecule is O=C(Nc1ccccc1)c1c(N=Cc2cc(Br)cc(Br)c2OCc2cccc3ccccc23)sc2c1CCCC2. The molecule has 7 heteroatoms. The molecule has 4 aromatic carbocycles. The van der Waals surface area contributed by atoms with Crippen molar-refractivity contribution in [2.75, 3.05) is 5.32 Å². The number of benzene rings is 4. The van der Waals surface area contributed by atoms with Gasteiger partial charge < -0.3 is 10.1 Å². The summed E-state index contributed by atoms with van der Waals surface area (Å²) in [5.41, 5.74) is 4.54. The van der Waals surface area contributed by atoms with E-state index >= 15 is 0 Å². The predicted molar refractivity (Wildman–Crippen MR) is 173 cm³/mol. The first-order valence-electron chi connectivity index (χ1n) is 13.2. The third-order valence-corrected chi connectivity index (χ3v) is 9.27. The number of carbonyl (C=O) groups is 1. The minimum atomic E-state index is -0.111. The zero-order chi connectivity index (χ0) is 27.5. The summed E-state index contributed by atoms with van der Waals surface area (Å²) in [7, 11) is 0. The van der Waals surface area contributed by atoms with E-state index in [1.54, 1.807) is 11.3 Å². The molecule has 0 spiro atoms. The lowest BCUT2D eigenvalue weighted by atomic mass is 9.95. The quantitative estimate of drug-likeness (QED) is 0.175. The van der Waals surface area contributed by atoms with Gasteiger partial charge in [0.15, 0.2) is 0 Å². The molecule has 0 radical (unpaired) electrons. The van der Waals surface area contributed by atoms with Crippen molar-refractivity contribution in [3.05, 3.63) is 121 Å². The Morgan fingerprint density at radius 1 is 0.950 bits per heavy atom. The van der Waals surface area contributed by atoms with Gasteiger partial charge in [-0.05, 0) is 87.8 Å². The highest BCUT2D eigenvalue weighted by atomic mass is 79.9. The van der Waals surface area contributed by atoms with Gasteiger partial charge in [0.1, 0.15) is 17.4 Å². The number of nitrogens with zero attached hydrogens (tertiary/aromatic N) is 1. The number of carbonyl (C=O) groups excluding carboxylic acids is 1. The number of ether oxygens (including phenoxy) is 1. The lowest BCUT2D eigenvalue weighted by molar-refractivity contribution is 0.102. The molecule has 1 aliphatic carbocycles. The van der Waals surface area contributed by atoms with Crippen LogP contribution >= 0.6 is 43.2 Å². The van der Waals surface area contributed by atoms with Crippen molar-refractivity contribution >= 4 is 76.8 Å². The molecule has 0 fully saturated rings. The average Bonchev–Trinajstić information content (AvgIpc) is 3.34. The summed E-state index contributed by atoms with van der Waals surface area (Å²) in [5.74, 6) is 0.595. The highest BCUT2D eigenvalue weighted by Gasteiger charge is 2.25. The molecule has 5 aromatic rings. The van der Waals surface area contributed by atoms with E-state index in [1.807, 2.05) is 60.8 Å². The topological polar surface area (TPSA) is 50.7 Å². The molecule has 0 unspecified atom stereocenters. The number of hydrogen-bond acceptors (Lipinski definition) is 4. The Balaban J connectivity index is 1.33. The molecule has 0 atom stereocenters. The number of fused-ring (bicyclic) bond motifs is 2. The normalized spacial score (nSPS) is 12.9. The van der Waals surface area contributed by atoms with Crippen LogP contribution in [0.25, 0.3) is 10.8 Å². The Morgan fingerprint density at radius 2 is 1.73 bits per heavy atom. The van der Waals surface area contributed by atoms with Crippen molar-refractivity contribution in [2.45, 2.75) is 32.3 Å². The highest BCUT2D eigenvalue weighted by Crippen LogP contribution is 2.41. The molecule has 0 saturated heterocycles. The summed E-state index contributed by atoms with van der Waals surface area (Å²) < 4.78 is 8.15. The molecule has 1 aromatic heterocycles. The van der Waals surface area contributed by atoms with Crippen molar-refractivity contribution in [1.29, 1.82) is 0 Å². The minimum Gasteiger partial charge on any atom is -0.487 e. The maximum absolute atomic E-state index is 13.5. The number of nitrogens with one attached hydrogen (secondary N) is 1. The summed E-state index contributed by atoms with van der Waals surface area (Å²) in [6.45, 7) is 0.417. The van der Waals surface area contributed by atoms with Gasteiger partial charge in [0.2, 0.25) is 0 Å². The standard InChI is InChI=1S/C33H26Br2N2O2S/c34-24-17-23(31(28(35)18-24)39-20-22-11-8-10-21-9-4-5-14-26(21)22)19-36-33-30(27-15-6-7-16-29(27)40-33)32(38)37-25-12-2-1-3-13-25/h1-5,8-14,17-19H,6-7,15-16,20H2,(H,37,38). The van der Waals surface area contributed by atoms with E-state index in [0.29, 0.717) is 17.9 Å². The summed E-state index contributed by atoms with van der Waals surface area (Å²) in [6, 6.07) is 28.1. The Labute approximate surface area is 254 Å². The third kappa shape index (κ3) is 5.78. The van der Waals surface area contributed by atoms with Crippen molar-refractivity contribution in [2.24, 2.45) is 4.99 Å². The predicted octanol–water partition coefficient (Wildman–Crippen LogP) is 9.89. The van der Waals surface area contributed by atoms with Crippen LogP contribution in [0.5, 0.6) is 5.75 Å². The van der Waals surface area contributed by atoms with Crippen molar-refractivity contribution in [1.82, 2.24) is 0 Å². The average molecular weight is 674 g/mol. The van der Waals surface area contributed by atoms with Crippen LogP contribution in [0.4, 0.5) is 10.7 Å². The second kappa shape index (κ2) is 12.1. The molecule has 40 heavy (non-hydrogen) atoms. The van der Waals surface area contributed by atoms with E-state index in [9.17, 15) is 4.79 Å². The fraction of sp³-hybridized carbons (Fsp3) is 0.152. The van der Waals surface area contributed by atoms with Gasteiger partial charge in [0, 0.05) is 26.8 Å². The van der Waals surface area contributed by atoms with Crippen LogP contribution in [0.15, 0.2) is 98.9 Å². The molecule has 1 heterocycles. The van der Waals surface area contributed by atoms with Gasteiger partial charge in [0.25, 0.3) is 5.91 Å². The molecular weight excluding hydrogens is 648 g/mol. The Kier molecular flexibility index (Phi) is 8.14. The molecule has 1 amide bonds. The van der Waals surface area contributed by atoms with Gasteiger partial charge in [-0.3, -0.25) is 4.79 Å². The molecule has 1 aliphatic rings. The first-order chi connectivity index (χ1) is 19.6. The molecule has 4 nitrogen and oxygen atoms in total. The van der Waals surface area contributed by atoms with Crippen molar-refractivity contribution < 1.29 is 9.53 Å². The molecule has 0 saturated carbocycles. The van der Waals surface area contributed by atoms with Crippen LogP contribution in [-0.4, -0.2) is 12.1 Å². The molecule has 6 rings (SSSR count). The Hall–Kier alpha value is -3.26. The number of rotatable bonds is 7. The van der Waals surface area contributed by atoms with Crippen molar-refractivity contribution in [3.8, 4) is 5.75 Å². The number of hydrogen-bond donors (Lipinski definition) is 1. The molecule has 1 N–H and O–H groups in total. The molecule has 0 bridgehead atoms. The number of halogens is 2. The van der Waals surface area contributed by atoms with Gasteiger partial charge in [-0.2, -0.15) is 0 Å². The lowest BCUT2D eigenvalue weighted by Crippen LogP contribution is -2.14. The summed E-state index contributed by atoms with van der Waals surface area (Å²) >= 11 is 8.93. The summed E-state index contributed by atoms with van der Waals surface area (Å²) in [5, 5.41) is 6.16. The Bertz CT molecular complexity index is 1720. The van der Waals surface area contributed by atoms with E-state index in [-0.39, 0.29) is 5.91 Å². The monoisotopic (exact) mass is 672 g/mol. The second-order valence-electron chi connectivity index (χ2n) is 9.70. The molecular formula is C33H26Br2N2O2S. The maximum Gasteiger partial charge on any atom is 0.259 e. The number of para-hydroxylation sites is 1. The van der Waals surface area contributed by atoms with E-state index in [2.05, 4.69) is 67.5 Å². The van der Waals surface area contributed by atoms with E-state index in [0.717, 1.165) is 62.0 Å². The van der Waals surface area contributed by atoms with Gasteiger partial charge in [-0.15, -0.1) is 11.3 Å². The number of aryl methyl sites for hydroxylation is 1. The molecule has 0 aliphatic heterocycles. The van der Waals surface area contributed by atoms with E-state index in [4.69, 9.17) is 9.73 Å². The molecule has 200 valence electrons. The van der Waals surface area contributed by atoms with Crippen molar-refractivity contribution in [3.63, 3.8) is 0 Å². The largest absolute Gasteiger partial charge is 0.487 e. The number of thiophene rings is 1. The fourth-order valence-corrected chi connectivity index (χ4v) is 7.72. The van der Waals surface area contributed by atoms with E-state index < -0.39 is 0 Å². The zero-order valence-electron chi connectivity index (χ0n) is 21.6. The van der Waals surface area contributed by atoms with Gasteiger partial charge in [-0.25, -0.2) is 4.99 Å². The number of anilines is 1. The first-order valence-corrected chi connectivity index (χ1v) is 15.6. The van der Waals surface area contributed by atoms with Gasteiger partial charge >= 0.3 is 0 Å². The minimum absolute atomic E-state index is 0.111. The number of aliphatic imine (C=N–C) groups is 1. The van der Waals surface area contributed by atoms with E-state index in [1.165, 1.54) is 15.6 Å². The van der Waals surface area contributed by atoms with Gasteiger partial charge in [0.05, 0.1) is 10.0 Å².